The molecule has 2 N–H and O–H groups in total. The molecule has 120 valence electrons. The first-order chi connectivity index (χ1) is 9.66. The van der Waals surface area contributed by atoms with E-state index in [1.165, 1.54) is 4.90 Å². The second kappa shape index (κ2) is 5.49. The molecule has 21 heavy (non-hydrogen) atoms. The molecule has 2 aliphatic heterocycles. The first kappa shape index (κ1) is 16.1. The van der Waals surface area contributed by atoms with Crippen LogP contribution < -0.4 is 5.32 Å². The molecule has 2 rings (SSSR count). The summed E-state index contributed by atoms with van der Waals surface area (Å²) in [6, 6.07) is -1.00. The largest absolute Gasteiger partial charge is 0.395 e. The van der Waals surface area contributed by atoms with E-state index in [4.69, 9.17) is 5.11 Å². The number of aliphatic hydroxyl groups excluding tert-OH is 1. The number of nitrogens with zero attached hydrogens (tertiary/aromatic N) is 2. The number of carbonyl (C=O) groups excluding carboxylic acids is 2. The Labute approximate surface area is 122 Å². The number of imide groups is 1. The van der Waals surface area contributed by atoms with E-state index in [1.807, 2.05) is 0 Å². The van der Waals surface area contributed by atoms with E-state index < -0.39 is 23.5 Å². The van der Waals surface area contributed by atoms with Crippen LogP contribution in [-0.4, -0.2) is 70.6 Å². The molecule has 0 saturated carbocycles. The predicted molar refractivity (Wildman–Crippen MR) is 71.0 cm³/mol. The number of rotatable bonds is 5. The highest BCUT2D eigenvalue weighted by molar-refractivity contribution is 6.06. The highest BCUT2D eigenvalue weighted by Gasteiger charge is 2.45. The number of amides is 3. The van der Waals surface area contributed by atoms with Gasteiger partial charge in [-0.2, -0.15) is 0 Å². The van der Waals surface area contributed by atoms with Crippen molar-refractivity contribution < 1.29 is 23.5 Å². The lowest BCUT2D eigenvalue weighted by atomic mass is 10.1. The molecule has 0 aromatic heterocycles. The van der Waals surface area contributed by atoms with Gasteiger partial charge >= 0.3 is 6.03 Å². The number of hydrogen-bond acceptors (Lipinski definition) is 4. The molecule has 2 fully saturated rings. The van der Waals surface area contributed by atoms with Gasteiger partial charge in [0.25, 0.3) is 11.8 Å². The lowest BCUT2D eigenvalue weighted by molar-refractivity contribution is -0.130. The van der Waals surface area contributed by atoms with Gasteiger partial charge in [-0.15, -0.1) is 0 Å². The van der Waals surface area contributed by atoms with Gasteiger partial charge in [-0.25, -0.2) is 13.6 Å². The van der Waals surface area contributed by atoms with E-state index in [0.29, 0.717) is 13.0 Å². The molecular weight excluding hydrogens is 284 g/mol. The molecule has 2 saturated heterocycles. The second-order valence-corrected chi connectivity index (χ2v) is 6.23. The molecule has 3 amide bonds. The highest BCUT2D eigenvalue weighted by Crippen LogP contribution is 2.31. The average molecular weight is 305 g/mol. The second-order valence-electron chi connectivity index (χ2n) is 6.23. The molecule has 0 spiro atoms. The van der Waals surface area contributed by atoms with E-state index >= 15 is 0 Å². The van der Waals surface area contributed by atoms with Crippen LogP contribution in [0.2, 0.25) is 0 Å². The molecule has 8 heteroatoms. The Bertz CT molecular complexity index is 442. The van der Waals surface area contributed by atoms with E-state index in [9.17, 15) is 18.4 Å². The third kappa shape index (κ3) is 3.32. The zero-order chi connectivity index (χ0) is 15.8. The van der Waals surface area contributed by atoms with Crippen LogP contribution in [0.1, 0.15) is 26.7 Å². The standard InChI is InChI=1S/C13H21F2N3O3/c1-12(2)10(20)18(11(21)16-12)5-3-4-17-8-13(14,15)6-9(17)7-19/h9,19H,3-8H2,1-2H3,(H,16,21). The molecule has 0 radical (unpaired) electrons. The number of urea groups is 1. The molecule has 1 atom stereocenters. The van der Waals surface area contributed by atoms with Crippen LogP contribution in [0.25, 0.3) is 0 Å². The topological polar surface area (TPSA) is 72.9 Å². The Morgan fingerprint density at radius 2 is 2.00 bits per heavy atom. The molecule has 2 aliphatic rings. The zero-order valence-electron chi connectivity index (χ0n) is 12.2. The van der Waals surface area contributed by atoms with Crippen LogP contribution in [0.4, 0.5) is 13.6 Å². The Hall–Kier alpha value is -1.28. The Morgan fingerprint density at radius 1 is 1.33 bits per heavy atom. The fourth-order valence-electron chi connectivity index (χ4n) is 2.86. The van der Waals surface area contributed by atoms with Crippen molar-refractivity contribution in [1.82, 2.24) is 15.1 Å². The minimum atomic E-state index is -2.78. The summed E-state index contributed by atoms with van der Waals surface area (Å²) in [7, 11) is 0. The molecule has 6 nitrogen and oxygen atoms in total. The van der Waals surface area contributed by atoms with Crippen molar-refractivity contribution in [1.29, 1.82) is 0 Å². The number of halogens is 2. The van der Waals surface area contributed by atoms with Gasteiger partial charge in [0.2, 0.25) is 0 Å². The molecule has 0 aromatic rings. The van der Waals surface area contributed by atoms with Gasteiger partial charge in [-0.3, -0.25) is 14.6 Å². The van der Waals surface area contributed by atoms with Crippen LogP contribution in [0, 0.1) is 0 Å². The monoisotopic (exact) mass is 305 g/mol. The fourth-order valence-corrected chi connectivity index (χ4v) is 2.86. The summed E-state index contributed by atoms with van der Waals surface area (Å²) in [5.74, 6) is -3.09. The highest BCUT2D eigenvalue weighted by atomic mass is 19.3. The van der Waals surface area contributed by atoms with Gasteiger partial charge < -0.3 is 10.4 Å². The van der Waals surface area contributed by atoms with Crippen molar-refractivity contribution in [3.8, 4) is 0 Å². The number of nitrogens with one attached hydrogen (secondary N) is 1. The molecular formula is C13H21F2N3O3. The minimum Gasteiger partial charge on any atom is -0.395 e. The predicted octanol–water partition coefficient (Wildman–Crippen LogP) is 0.409. The first-order valence-corrected chi connectivity index (χ1v) is 7.03. The maximum atomic E-state index is 13.3. The normalized spacial score (nSPS) is 28.2. The van der Waals surface area contributed by atoms with Gasteiger partial charge in [0.1, 0.15) is 5.54 Å². The van der Waals surface area contributed by atoms with Crippen molar-refractivity contribution in [2.45, 2.75) is 44.2 Å². The molecule has 1 unspecified atom stereocenters. The summed E-state index contributed by atoms with van der Waals surface area (Å²) in [5, 5.41) is 11.7. The quantitative estimate of drug-likeness (QED) is 0.722. The average Bonchev–Trinajstić information content (AvgIpc) is 2.76. The van der Waals surface area contributed by atoms with Gasteiger partial charge in [-0.1, -0.05) is 0 Å². The summed E-state index contributed by atoms with van der Waals surface area (Å²) < 4.78 is 26.6. The van der Waals surface area contributed by atoms with Gasteiger partial charge in [0, 0.05) is 25.6 Å². The van der Waals surface area contributed by atoms with E-state index in [2.05, 4.69) is 5.32 Å². The van der Waals surface area contributed by atoms with Crippen molar-refractivity contribution >= 4 is 11.9 Å². The number of aliphatic hydroxyl groups is 1. The van der Waals surface area contributed by atoms with Crippen LogP contribution in [0.5, 0.6) is 0 Å². The van der Waals surface area contributed by atoms with Gasteiger partial charge in [0.05, 0.1) is 13.2 Å². The number of carbonyl (C=O) groups is 2. The maximum absolute atomic E-state index is 13.3. The molecule has 0 bridgehead atoms. The van der Waals surface area contributed by atoms with Crippen molar-refractivity contribution in [2.75, 3.05) is 26.2 Å². The Morgan fingerprint density at radius 3 is 2.52 bits per heavy atom. The van der Waals surface area contributed by atoms with E-state index in [1.54, 1.807) is 13.8 Å². The summed E-state index contributed by atoms with van der Waals surface area (Å²) >= 11 is 0. The summed E-state index contributed by atoms with van der Waals surface area (Å²) in [6.07, 6.45) is 0.0570. The molecule has 0 aliphatic carbocycles. The number of hydrogen-bond donors (Lipinski definition) is 2. The van der Waals surface area contributed by atoms with Gasteiger partial charge in [-0.05, 0) is 20.3 Å². The van der Waals surface area contributed by atoms with Crippen molar-refractivity contribution in [3.05, 3.63) is 0 Å². The van der Waals surface area contributed by atoms with E-state index in [-0.39, 0.29) is 32.0 Å². The van der Waals surface area contributed by atoms with Crippen LogP contribution in [0.15, 0.2) is 0 Å². The Kier molecular flexibility index (Phi) is 4.21. The maximum Gasteiger partial charge on any atom is 0.325 e. The fraction of sp³-hybridized carbons (Fsp3) is 0.846. The van der Waals surface area contributed by atoms with Crippen molar-refractivity contribution in [2.24, 2.45) is 0 Å². The van der Waals surface area contributed by atoms with Crippen LogP contribution in [-0.2, 0) is 4.79 Å². The molecule has 2 heterocycles. The first-order valence-electron chi connectivity index (χ1n) is 7.03. The smallest absolute Gasteiger partial charge is 0.325 e. The van der Waals surface area contributed by atoms with Crippen molar-refractivity contribution in [3.63, 3.8) is 0 Å². The lowest BCUT2D eigenvalue weighted by Gasteiger charge is -2.23. The number of likely N-dealkylation sites (tertiary alicyclic amines) is 1. The summed E-state index contributed by atoms with van der Waals surface area (Å²) in [4.78, 5) is 26.3. The SMILES string of the molecule is CC1(C)NC(=O)N(CCCN2CC(F)(F)CC2CO)C1=O. The third-order valence-electron chi connectivity index (χ3n) is 3.97. The van der Waals surface area contributed by atoms with Crippen LogP contribution in [0.3, 0.4) is 0 Å². The lowest BCUT2D eigenvalue weighted by Crippen LogP contribution is -2.41. The third-order valence-corrected chi connectivity index (χ3v) is 3.97. The number of alkyl halides is 2. The minimum absolute atomic E-state index is 0.189. The molecule has 0 aromatic carbocycles. The Balaban J connectivity index is 1.85. The summed E-state index contributed by atoms with van der Waals surface area (Å²) in [5.41, 5.74) is -0.911. The van der Waals surface area contributed by atoms with Gasteiger partial charge in [0.15, 0.2) is 0 Å². The zero-order valence-corrected chi connectivity index (χ0v) is 12.2. The van der Waals surface area contributed by atoms with Crippen LogP contribution >= 0.6 is 0 Å². The summed E-state index contributed by atoms with van der Waals surface area (Å²) in [6.45, 7) is 3.05. The van der Waals surface area contributed by atoms with E-state index in [0.717, 1.165) is 4.90 Å².